The molecular weight excluding hydrogens is 478 g/mol. The quantitative estimate of drug-likeness (QED) is 0.529. The van der Waals surface area contributed by atoms with Crippen molar-refractivity contribution in [1.82, 2.24) is 10.2 Å². The van der Waals surface area contributed by atoms with Gasteiger partial charge < -0.3 is 30.1 Å². The highest BCUT2D eigenvalue weighted by Crippen LogP contribution is 2.22. The van der Waals surface area contributed by atoms with Crippen molar-refractivity contribution in [2.45, 2.75) is 25.2 Å². The maximum atomic E-state index is 12.7. The average Bonchev–Trinajstić information content (AvgIpc) is 2.83. The Morgan fingerprint density at radius 1 is 1.03 bits per heavy atom. The van der Waals surface area contributed by atoms with Crippen molar-refractivity contribution < 1.29 is 24.5 Å². The number of methoxy groups -OCH3 is 1. The largest absolute Gasteiger partial charge is 0.497 e. The number of hydrogen-bond acceptors (Lipinski definition) is 6. The van der Waals surface area contributed by atoms with E-state index in [-0.39, 0.29) is 6.04 Å². The van der Waals surface area contributed by atoms with E-state index in [1.807, 2.05) is 48.5 Å². The highest BCUT2D eigenvalue weighted by atomic mass is 79.9. The second kappa shape index (κ2) is 10.8. The molecule has 3 N–H and O–H groups in total. The van der Waals surface area contributed by atoms with Crippen LogP contribution in [0.1, 0.15) is 18.5 Å². The SMILES string of the molecule is COc1cccc(N2CCN(C(=O)C(O)C(O)C(=O)NC(C)c3ccc(Br)cc3)CC2)c1. The Labute approximate surface area is 195 Å². The number of nitrogens with zero attached hydrogens (tertiary/aromatic N) is 2. The van der Waals surface area contributed by atoms with Gasteiger partial charge in [0.15, 0.2) is 12.2 Å². The van der Waals surface area contributed by atoms with Gasteiger partial charge in [0.2, 0.25) is 0 Å². The van der Waals surface area contributed by atoms with Crippen LogP contribution < -0.4 is 15.0 Å². The van der Waals surface area contributed by atoms with E-state index < -0.39 is 24.0 Å². The van der Waals surface area contributed by atoms with Crippen LogP contribution in [0.4, 0.5) is 5.69 Å². The van der Waals surface area contributed by atoms with Crippen LogP contribution in [-0.4, -0.2) is 72.4 Å². The van der Waals surface area contributed by atoms with E-state index >= 15 is 0 Å². The highest BCUT2D eigenvalue weighted by Gasteiger charge is 2.35. The fourth-order valence-corrected chi connectivity index (χ4v) is 3.86. The van der Waals surface area contributed by atoms with Crippen LogP contribution in [0.3, 0.4) is 0 Å². The van der Waals surface area contributed by atoms with Gasteiger partial charge in [0.1, 0.15) is 5.75 Å². The number of carbonyl (C=O) groups excluding carboxylic acids is 2. The van der Waals surface area contributed by atoms with Crippen molar-refractivity contribution in [3.63, 3.8) is 0 Å². The van der Waals surface area contributed by atoms with Crippen molar-refractivity contribution in [2.24, 2.45) is 0 Å². The Balaban J connectivity index is 1.53. The van der Waals surface area contributed by atoms with Crippen LogP contribution in [0.2, 0.25) is 0 Å². The molecule has 0 saturated carbocycles. The van der Waals surface area contributed by atoms with Crippen molar-refractivity contribution in [3.8, 4) is 5.75 Å². The number of piperazine rings is 1. The second-order valence-electron chi connectivity index (χ2n) is 7.69. The van der Waals surface area contributed by atoms with Gasteiger partial charge in [0.05, 0.1) is 13.2 Å². The van der Waals surface area contributed by atoms with Gasteiger partial charge in [-0.15, -0.1) is 0 Å². The standard InChI is InChI=1S/C23H28BrN3O5/c1-15(16-6-8-17(24)9-7-16)25-22(30)20(28)21(29)23(31)27-12-10-26(11-13-27)18-4-3-5-19(14-18)32-2/h3-9,14-15,20-21,28-29H,10-13H2,1-2H3,(H,25,30). The van der Waals surface area contributed by atoms with Crippen LogP contribution in [0.15, 0.2) is 53.0 Å². The summed E-state index contributed by atoms with van der Waals surface area (Å²) in [5.41, 5.74) is 1.82. The summed E-state index contributed by atoms with van der Waals surface area (Å²) in [6.45, 7) is 3.64. The summed E-state index contributed by atoms with van der Waals surface area (Å²) >= 11 is 3.35. The second-order valence-corrected chi connectivity index (χ2v) is 8.60. The number of rotatable bonds is 7. The minimum absolute atomic E-state index is 0.372. The molecule has 2 aromatic carbocycles. The number of anilines is 1. The fourth-order valence-electron chi connectivity index (χ4n) is 3.59. The monoisotopic (exact) mass is 505 g/mol. The van der Waals surface area contributed by atoms with E-state index in [0.717, 1.165) is 21.5 Å². The molecule has 3 unspecified atom stereocenters. The number of ether oxygens (including phenoxy) is 1. The predicted octanol–water partition coefficient (Wildman–Crippen LogP) is 1.71. The summed E-state index contributed by atoms with van der Waals surface area (Å²) in [5, 5.41) is 23.3. The first kappa shape index (κ1) is 24.0. The number of benzene rings is 2. The molecule has 0 spiro atoms. The molecule has 0 radical (unpaired) electrons. The lowest BCUT2D eigenvalue weighted by molar-refractivity contribution is -0.153. The number of halogens is 1. The van der Waals surface area contributed by atoms with E-state index in [1.165, 1.54) is 4.90 Å². The minimum atomic E-state index is -1.85. The lowest BCUT2D eigenvalue weighted by atomic mass is 10.1. The summed E-state index contributed by atoms with van der Waals surface area (Å²) in [4.78, 5) is 28.7. The predicted molar refractivity (Wildman–Crippen MR) is 125 cm³/mol. The zero-order valence-corrected chi connectivity index (χ0v) is 19.7. The molecule has 32 heavy (non-hydrogen) atoms. The third kappa shape index (κ3) is 5.79. The van der Waals surface area contributed by atoms with Crippen molar-refractivity contribution in [2.75, 3.05) is 38.2 Å². The highest BCUT2D eigenvalue weighted by molar-refractivity contribution is 9.10. The molecule has 2 amide bonds. The Morgan fingerprint density at radius 3 is 2.31 bits per heavy atom. The lowest BCUT2D eigenvalue weighted by Gasteiger charge is -2.37. The Hall–Kier alpha value is -2.62. The number of carbonyl (C=O) groups is 2. The van der Waals surface area contributed by atoms with Crippen LogP contribution in [0.25, 0.3) is 0 Å². The molecule has 1 saturated heterocycles. The first-order valence-electron chi connectivity index (χ1n) is 10.4. The molecule has 3 atom stereocenters. The first-order chi connectivity index (χ1) is 15.3. The molecule has 1 aliphatic heterocycles. The van der Waals surface area contributed by atoms with Gasteiger partial charge >= 0.3 is 0 Å². The molecule has 1 fully saturated rings. The maximum Gasteiger partial charge on any atom is 0.254 e. The van der Waals surface area contributed by atoms with Gasteiger partial charge in [0.25, 0.3) is 11.8 Å². The van der Waals surface area contributed by atoms with Crippen molar-refractivity contribution in [3.05, 3.63) is 58.6 Å². The molecular formula is C23H28BrN3O5. The zero-order valence-electron chi connectivity index (χ0n) is 18.1. The third-order valence-corrected chi connectivity index (χ3v) is 6.09. The maximum absolute atomic E-state index is 12.7. The molecule has 0 aromatic heterocycles. The Morgan fingerprint density at radius 2 is 1.69 bits per heavy atom. The normalized spacial score (nSPS) is 16.8. The van der Waals surface area contributed by atoms with E-state index in [2.05, 4.69) is 26.1 Å². The third-order valence-electron chi connectivity index (χ3n) is 5.56. The minimum Gasteiger partial charge on any atom is -0.497 e. The van der Waals surface area contributed by atoms with Crippen LogP contribution in [0.5, 0.6) is 5.75 Å². The first-order valence-corrected chi connectivity index (χ1v) is 11.2. The molecule has 2 aromatic rings. The average molecular weight is 506 g/mol. The smallest absolute Gasteiger partial charge is 0.254 e. The molecule has 8 nitrogen and oxygen atoms in total. The van der Waals surface area contributed by atoms with Gasteiger partial charge in [-0.2, -0.15) is 0 Å². The Kier molecular flexibility index (Phi) is 8.11. The molecule has 1 aliphatic rings. The van der Waals surface area contributed by atoms with Crippen LogP contribution >= 0.6 is 15.9 Å². The summed E-state index contributed by atoms with van der Waals surface area (Å²) in [6, 6.07) is 14.6. The van der Waals surface area contributed by atoms with Crippen molar-refractivity contribution in [1.29, 1.82) is 0 Å². The summed E-state index contributed by atoms with van der Waals surface area (Å²) < 4.78 is 6.16. The number of amides is 2. The summed E-state index contributed by atoms with van der Waals surface area (Å²) in [7, 11) is 1.61. The van der Waals surface area contributed by atoms with E-state index in [9.17, 15) is 19.8 Å². The molecule has 172 valence electrons. The molecule has 0 bridgehead atoms. The Bertz CT molecular complexity index is 931. The van der Waals surface area contributed by atoms with Gasteiger partial charge in [-0.05, 0) is 36.8 Å². The van der Waals surface area contributed by atoms with Gasteiger partial charge in [-0.1, -0.05) is 34.1 Å². The van der Waals surface area contributed by atoms with Gasteiger partial charge in [-0.3, -0.25) is 9.59 Å². The summed E-state index contributed by atoms with van der Waals surface area (Å²) in [5.74, 6) is -0.701. The topological polar surface area (TPSA) is 102 Å². The van der Waals surface area contributed by atoms with E-state index in [0.29, 0.717) is 26.2 Å². The number of nitrogens with one attached hydrogen (secondary N) is 1. The number of aliphatic hydroxyl groups is 2. The van der Waals surface area contributed by atoms with Crippen molar-refractivity contribution >= 4 is 33.4 Å². The summed E-state index contributed by atoms with van der Waals surface area (Å²) in [6.07, 6.45) is -3.67. The fraction of sp³-hybridized carbons (Fsp3) is 0.391. The molecule has 9 heteroatoms. The molecule has 3 rings (SSSR count). The van der Waals surface area contributed by atoms with E-state index in [4.69, 9.17) is 4.74 Å². The van der Waals surface area contributed by atoms with Crippen LogP contribution in [0, 0.1) is 0 Å². The van der Waals surface area contributed by atoms with Crippen LogP contribution in [-0.2, 0) is 9.59 Å². The number of aliphatic hydroxyl groups excluding tert-OH is 2. The lowest BCUT2D eigenvalue weighted by Crippen LogP contribution is -2.55. The number of hydrogen-bond donors (Lipinski definition) is 3. The van der Waals surface area contributed by atoms with Gasteiger partial charge in [-0.25, -0.2) is 0 Å². The van der Waals surface area contributed by atoms with E-state index in [1.54, 1.807) is 14.0 Å². The zero-order chi connectivity index (χ0) is 23.3. The van der Waals surface area contributed by atoms with Gasteiger partial charge in [0, 0.05) is 42.4 Å². The molecule has 0 aliphatic carbocycles. The molecule has 1 heterocycles.